The van der Waals surface area contributed by atoms with Crippen molar-refractivity contribution in [3.05, 3.63) is 22.7 Å². The largest absolute Gasteiger partial charge is 0.493 e. The van der Waals surface area contributed by atoms with Crippen molar-refractivity contribution in [3.8, 4) is 11.5 Å². The summed E-state index contributed by atoms with van der Waals surface area (Å²) in [7, 11) is 3.26. The first-order chi connectivity index (χ1) is 10.7. The Morgan fingerprint density at radius 1 is 1.09 bits per heavy atom. The summed E-state index contributed by atoms with van der Waals surface area (Å²) in [5.74, 6) is 1.32. The number of piperidine rings is 1. The Hall–Kier alpha value is -0.970. The molecule has 1 aromatic carbocycles. The zero-order valence-corrected chi connectivity index (χ0v) is 14.2. The van der Waals surface area contributed by atoms with Crippen molar-refractivity contribution in [2.45, 2.75) is 31.8 Å². The molecule has 2 aliphatic rings. The number of ether oxygens (including phenoxy) is 2. The van der Waals surface area contributed by atoms with Crippen LogP contribution in [0.2, 0.25) is 5.02 Å². The smallest absolute Gasteiger partial charge is 0.179 e. The molecule has 0 saturated carbocycles. The second-order valence-corrected chi connectivity index (χ2v) is 6.66. The molecule has 122 valence electrons. The predicted molar refractivity (Wildman–Crippen MR) is 89.0 cm³/mol. The van der Waals surface area contributed by atoms with E-state index in [1.807, 2.05) is 12.1 Å². The Labute approximate surface area is 137 Å². The van der Waals surface area contributed by atoms with Crippen molar-refractivity contribution in [3.63, 3.8) is 0 Å². The summed E-state index contributed by atoms with van der Waals surface area (Å²) in [5, 5.41) is 0.616. The van der Waals surface area contributed by atoms with Crippen LogP contribution >= 0.6 is 11.6 Å². The first-order valence-electron chi connectivity index (χ1n) is 8.08. The lowest BCUT2D eigenvalue weighted by Crippen LogP contribution is -2.59. The summed E-state index contributed by atoms with van der Waals surface area (Å²) in [6.07, 6.45) is 4.13. The van der Waals surface area contributed by atoms with Gasteiger partial charge in [0.2, 0.25) is 0 Å². The maximum absolute atomic E-state index is 6.28. The van der Waals surface area contributed by atoms with E-state index in [0.29, 0.717) is 16.5 Å². The molecule has 5 heteroatoms. The maximum Gasteiger partial charge on any atom is 0.179 e. The molecule has 0 radical (unpaired) electrons. The van der Waals surface area contributed by atoms with Crippen molar-refractivity contribution in [1.29, 1.82) is 0 Å². The minimum atomic E-state index is 0.614. The van der Waals surface area contributed by atoms with Gasteiger partial charge < -0.3 is 9.47 Å². The maximum atomic E-state index is 6.28. The Kier molecular flexibility index (Phi) is 5.11. The SMILES string of the molecule is COc1cc(CN2CC(N3CCCCC3)C2)cc(Cl)c1OC. The minimum Gasteiger partial charge on any atom is -0.493 e. The van der Waals surface area contributed by atoms with E-state index >= 15 is 0 Å². The zero-order valence-electron chi connectivity index (χ0n) is 13.5. The fourth-order valence-electron chi connectivity index (χ4n) is 3.51. The molecule has 0 bridgehead atoms. The fourth-order valence-corrected chi connectivity index (χ4v) is 3.82. The quantitative estimate of drug-likeness (QED) is 0.831. The van der Waals surface area contributed by atoms with Crippen molar-refractivity contribution in [1.82, 2.24) is 9.80 Å². The highest BCUT2D eigenvalue weighted by molar-refractivity contribution is 6.32. The lowest BCUT2D eigenvalue weighted by molar-refractivity contribution is 0.0185. The molecule has 3 rings (SSSR count). The number of halogens is 1. The molecule has 4 nitrogen and oxygen atoms in total. The fraction of sp³-hybridized carbons (Fsp3) is 0.647. The summed E-state index contributed by atoms with van der Waals surface area (Å²) in [5.41, 5.74) is 1.18. The predicted octanol–water partition coefficient (Wildman–Crippen LogP) is 3.03. The molecule has 0 atom stereocenters. The van der Waals surface area contributed by atoms with Crippen LogP contribution in [0.25, 0.3) is 0 Å². The third-order valence-corrected chi connectivity index (χ3v) is 5.03. The van der Waals surface area contributed by atoms with Crippen LogP contribution in [0, 0.1) is 0 Å². The lowest BCUT2D eigenvalue weighted by Gasteiger charge is -2.46. The van der Waals surface area contributed by atoms with Gasteiger partial charge in [0.25, 0.3) is 0 Å². The number of methoxy groups -OCH3 is 2. The van der Waals surface area contributed by atoms with Gasteiger partial charge in [-0.25, -0.2) is 0 Å². The second-order valence-electron chi connectivity index (χ2n) is 6.26. The normalized spacial score (nSPS) is 20.7. The van der Waals surface area contributed by atoms with E-state index in [2.05, 4.69) is 9.80 Å². The molecular weight excluding hydrogens is 300 g/mol. The Bertz CT molecular complexity index is 512. The number of benzene rings is 1. The van der Waals surface area contributed by atoms with Crippen molar-refractivity contribution in [2.75, 3.05) is 40.4 Å². The molecule has 2 fully saturated rings. The van der Waals surface area contributed by atoms with Crippen molar-refractivity contribution < 1.29 is 9.47 Å². The summed E-state index contributed by atoms with van der Waals surface area (Å²) in [6.45, 7) is 5.80. The third kappa shape index (κ3) is 3.34. The number of nitrogens with zero attached hydrogens (tertiary/aromatic N) is 2. The molecule has 0 aromatic heterocycles. The van der Waals surface area contributed by atoms with Gasteiger partial charge in [0, 0.05) is 25.7 Å². The molecule has 2 aliphatic heterocycles. The van der Waals surface area contributed by atoms with Gasteiger partial charge in [-0.05, 0) is 43.6 Å². The Balaban J connectivity index is 1.57. The number of hydrogen-bond acceptors (Lipinski definition) is 4. The van der Waals surface area contributed by atoms with E-state index in [0.717, 1.165) is 25.7 Å². The topological polar surface area (TPSA) is 24.9 Å². The zero-order chi connectivity index (χ0) is 15.5. The van der Waals surface area contributed by atoms with E-state index in [1.165, 1.54) is 37.9 Å². The molecule has 0 N–H and O–H groups in total. The van der Waals surface area contributed by atoms with Crippen LogP contribution in [0.3, 0.4) is 0 Å². The van der Waals surface area contributed by atoms with E-state index in [-0.39, 0.29) is 0 Å². The van der Waals surface area contributed by atoms with Gasteiger partial charge in [-0.3, -0.25) is 9.80 Å². The van der Waals surface area contributed by atoms with Crippen LogP contribution in [0.4, 0.5) is 0 Å². The van der Waals surface area contributed by atoms with Gasteiger partial charge in [-0.15, -0.1) is 0 Å². The Morgan fingerprint density at radius 2 is 1.82 bits per heavy atom. The van der Waals surface area contributed by atoms with Crippen molar-refractivity contribution >= 4 is 11.6 Å². The average molecular weight is 325 g/mol. The summed E-state index contributed by atoms with van der Waals surface area (Å²) in [4.78, 5) is 5.12. The number of likely N-dealkylation sites (tertiary alicyclic amines) is 2. The summed E-state index contributed by atoms with van der Waals surface area (Å²) < 4.78 is 10.7. The third-order valence-electron chi connectivity index (χ3n) is 4.74. The molecule has 0 amide bonds. The lowest BCUT2D eigenvalue weighted by atomic mass is 10.0. The monoisotopic (exact) mass is 324 g/mol. The average Bonchev–Trinajstić information content (AvgIpc) is 2.50. The Morgan fingerprint density at radius 3 is 2.45 bits per heavy atom. The van der Waals surface area contributed by atoms with Crippen LogP contribution < -0.4 is 9.47 Å². The molecule has 0 spiro atoms. The standard InChI is InChI=1S/C17H25ClN2O2/c1-21-16-9-13(8-15(18)17(16)22-2)10-19-11-14(12-19)20-6-4-3-5-7-20/h8-9,14H,3-7,10-12H2,1-2H3. The van der Waals surface area contributed by atoms with Gasteiger partial charge in [0.1, 0.15) is 0 Å². The van der Waals surface area contributed by atoms with E-state index < -0.39 is 0 Å². The van der Waals surface area contributed by atoms with Gasteiger partial charge in [-0.2, -0.15) is 0 Å². The first-order valence-corrected chi connectivity index (χ1v) is 8.46. The highest BCUT2D eigenvalue weighted by Crippen LogP contribution is 2.36. The number of rotatable bonds is 5. The first kappa shape index (κ1) is 15.9. The molecule has 2 heterocycles. The molecular formula is C17H25ClN2O2. The van der Waals surface area contributed by atoms with Crippen LogP contribution in [-0.4, -0.2) is 56.2 Å². The van der Waals surface area contributed by atoms with Crippen LogP contribution in [0.5, 0.6) is 11.5 Å². The van der Waals surface area contributed by atoms with Crippen molar-refractivity contribution in [2.24, 2.45) is 0 Å². The minimum absolute atomic E-state index is 0.614. The molecule has 22 heavy (non-hydrogen) atoms. The van der Waals surface area contributed by atoms with Gasteiger partial charge in [0.15, 0.2) is 11.5 Å². The molecule has 0 unspecified atom stereocenters. The van der Waals surface area contributed by atoms with Gasteiger partial charge in [0.05, 0.1) is 19.2 Å². The highest BCUT2D eigenvalue weighted by Gasteiger charge is 2.32. The van der Waals surface area contributed by atoms with Crippen LogP contribution in [-0.2, 0) is 6.54 Å². The molecule has 1 aromatic rings. The van der Waals surface area contributed by atoms with E-state index in [4.69, 9.17) is 21.1 Å². The second kappa shape index (κ2) is 7.07. The van der Waals surface area contributed by atoms with Gasteiger partial charge >= 0.3 is 0 Å². The van der Waals surface area contributed by atoms with Crippen LogP contribution in [0.15, 0.2) is 12.1 Å². The molecule has 0 aliphatic carbocycles. The van der Waals surface area contributed by atoms with E-state index in [9.17, 15) is 0 Å². The summed E-state index contributed by atoms with van der Waals surface area (Å²) >= 11 is 6.28. The summed E-state index contributed by atoms with van der Waals surface area (Å²) in [6, 6.07) is 4.76. The highest BCUT2D eigenvalue weighted by atomic mass is 35.5. The van der Waals surface area contributed by atoms with E-state index in [1.54, 1.807) is 14.2 Å². The molecule has 2 saturated heterocycles. The van der Waals surface area contributed by atoms with Gasteiger partial charge in [-0.1, -0.05) is 18.0 Å². The number of hydrogen-bond donors (Lipinski definition) is 0. The van der Waals surface area contributed by atoms with Crippen LogP contribution in [0.1, 0.15) is 24.8 Å².